The molecule has 0 aliphatic carbocycles. The molecule has 2 heterocycles. The number of hydrogen-bond acceptors (Lipinski definition) is 10. The highest BCUT2D eigenvalue weighted by Crippen LogP contribution is 2.35. The maximum absolute atomic E-state index is 13.2. The van der Waals surface area contributed by atoms with Crippen LogP contribution in [0.2, 0.25) is 0 Å². The lowest BCUT2D eigenvalue weighted by Gasteiger charge is -2.36. The Morgan fingerprint density at radius 3 is 2.28 bits per heavy atom. The van der Waals surface area contributed by atoms with Crippen LogP contribution in [0.5, 0.6) is 11.5 Å². The number of rotatable bonds is 10. The lowest BCUT2D eigenvalue weighted by atomic mass is 9.96. The molecule has 39 heavy (non-hydrogen) atoms. The van der Waals surface area contributed by atoms with Gasteiger partial charge in [0, 0.05) is 25.1 Å². The number of nitrogens with zero attached hydrogens (tertiary/aromatic N) is 3. The third-order valence-corrected chi connectivity index (χ3v) is 8.79. The van der Waals surface area contributed by atoms with Gasteiger partial charge in [0.1, 0.15) is 11.5 Å². The first kappa shape index (κ1) is 28.3. The topological polar surface area (TPSA) is 158 Å². The fourth-order valence-electron chi connectivity index (χ4n) is 4.14. The summed E-state index contributed by atoms with van der Waals surface area (Å²) in [5.74, 6) is -0.402. The zero-order valence-corrected chi connectivity index (χ0v) is 21.2. The SMILES string of the molecule is NC(=O)C1(S(=O)(=O)c2ccc(OCCCc3nc(-c4ccc(OC(F)(F)F)cc4)no3)cc2)CCN(O)CC1. The molecule has 1 amide bonds. The fraction of sp³-hybridized carbons (Fsp3) is 0.375. The van der Waals surface area contributed by atoms with Crippen molar-refractivity contribution in [2.75, 3.05) is 19.7 Å². The van der Waals surface area contributed by atoms with Crippen molar-refractivity contribution in [1.29, 1.82) is 0 Å². The zero-order chi connectivity index (χ0) is 28.3. The molecule has 3 N–H and O–H groups in total. The summed E-state index contributed by atoms with van der Waals surface area (Å²) in [6, 6.07) is 10.7. The molecule has 1 aliphatic rings. The van der Waals surface area contributed by atoms with Gasteiger partial charge in [-0.05, 0) is 67.8 Å². The van der Waals surface area contributed by atoms with Crippen LogP contribution in [0, 0.1) is 0 Å². The number of aromatic nitrogens is 2. The average Bonchev–Trinajstić information content (AvgIpc) is 3.35. The van der Waals surface area contributed by atoms with Crippen molar-refractivity contribution in [3.8, 4) is 22.9 Å². The first-order chi connectivity index (χ1) is 18.4. The predicted molar refractivity (Wildman–Crippen MR) is 128 cm³/mol. The van der Waals surface area contributed by atoms with E-state index in [0.717, 1.165) is 17.2 Å². The van der Waals surface area contributed by atoms with E-state index in [9.17, 15) is 31.6 Å². The third kappa shape index (κ3) is 6.49. The minimum atomic E-state index is -4.78. The van der Waals surface area contributed by atoms with Crippen molar-refractivity contribution in [2.24, 2.45) is 5.73 Å². The molecule has 1 fully saturated rings. The highest BCUT2D eigenvalue weighted by molar-refractivity contribution is 7.93. The molecular formula is C24H25F3N4O7S. The van der Waals surface area contributed by atoms with Crippen molar-refractivity contribution in [3.63, 3.8) is 0 Å². The van der Waals surface area contributed by atoms with Gasteiger partial charge in [0.05, 0.1) is 11.5 Å². The number of amides is 1. The van der Waals surface area contributed by atoms with Gasteiger partial charge in [-0.25, -0.2) is 8.42 Å². The quantitative estimate of drug-likeness (QED) is 0.347. The predicted octanol–water partition coefficient (Wildman–Crippen LogP) is 3.13. The van der Waals surface area contributed by atoms with E-state index in [1.54, 1.807) is 0 Å². The molecule has 1 aliphatic heterocycles. The summed E-state index contributed by atoms with van der Waals surface area (Å²) in [6.07, 6.45) is -4.18. The highest BCUT2D eigenvalue weighted by atomic mass is 32.2. The van der Waals surface area contributed by atoms with Gasteiger partial charge >= 0.3 is 6.36 Å². The number of sulfone groups is 1. The Kier molecular flexibility index (Phi) is 8.13. The molecule has 0 atom stereocenters. The molecule has 210 valence electrons. The van der Waals surface area contributed by atoms with E-state index in [2.05, 4.69) is 14.9 Å². The van der Waals surface area contributed by atoms with Crippen LogP contribution in [0.3, 0.4) is 0 Å². The van der Waals surface area contributed by atoms with E-state index in [1.807, 2.05) is 0 Å². The first-order valence-electron chi connectivity index (χ1n) is 11.8. The fourth-order valence-corrected chi connectivity index (χ4v) is 6.07. The molecule has 0 spiro atoms. The number of piperidine rings is 1. The zero-order valence-electron chi connectivity index (χ0n) is 20.4. The number of primary amides is 1. The lowest BCUT2D eigenvalue weighted by molar-refractivity contribution is -0.274. The van der Waals surface area contributed by atoms with Crippen LogP contribution in [0.4, 0.5) is 13.2 Å². The van der Waals surface area contributed by atoms with Crippen LogP contribution in [-0.4, -0.2) is 65.5 Å². The lowest BCUT2D eigenvalue weighted by Crippen LogP contribution is -2.56. The maximum Gasteiger partial charge on any atom is 0.573 e. The number of nitrogens with two attached hydrogens (primary N) is 1. The van der Waals surface area contributed by atoms with Gasteiger partial charge in [-0.1, -0.05) is 5.16 Å². The summed E-state index contributed by atoms with van der Waals surface area (Å²) in [6.45, 7) is 0.257. The molecule has 11 nitrogen and oxygen atoms in total. The van der Waals surface area contributed by atoms with Crippen LogP contribution >= 0.6 is 0 Å². The van der Waals surface area contributed by atoms with Gasteiger partial charge < -0.3 is 24.9 Å². The number of halogens is 3. The Balaban J connectivity index is 1.30. The molecule has 3 aromatic rings. The minimum absolute atomic E-state index is 0.00804. The second kappa shape index (κ2) is 11.2. The molecule has 0 radical (unpaired) electrons. The third-order valence-electron chi connectivity index (χ3n) is 6.26. The number of carbonyl (C=O) groups excluding carboxylic acids is 1. The Morgan fingerprint density at radius 1 is 1.08 bits per heavy atom. The second-order valence-electron chi connectivity index (χ2n) is 8.82. The van der Waals surface area contributed by atoms with Gasteiger partial charge in [0.2, 0.25) is 17.6 Å². The molecule has 15 heteroatoms. The standard InChI is InChI=1S/C24H25F3N4O7S/c25-24(26,27)37-18-5-3-16(4-6-18)21-29-20(38-30-21)2-1-15-36-17-7-9-19(10-8-17)39(34,35)23(22(28)32)11-13-31(33)14-12-23/h3-10,33H,1-2,11-15H2,(H2,28,32). The summed E-state index contributed by atoms with van der Waals surface area (Å²) in [7, 11) is -4.11. The Bertz CT molecular complexity index is 1390. The van der Waals surface area contributed by atoms with Gasteiger partial charge in [0.15, 0.2) is 14.6 Å². The minimum Gasteiger partial charge on any atom is -0.494 e. The maximum atomic E-state index is 13.2. The van der Waals surface area contributed by atoms with Gasteiger partial charge in [-0.15, -0.1) is 13.2 Å². The molecule has 0 saturated carbocycles. The summed E-state index contributed by atoms with van der Waals surface area (Å²) < 4.78 is 76.2. The number of benzene rings is 2. The smallest absolute Gasteiger partial charge is 0.494 e. The molecule has 1 saturated heterocycles. The summed E-state index contributed by atoms with van der Waals surface area (Å²) >= 11 is 0. The Labute approximate surface area is 221 Å². The number of carbonyl (C=O) groups is 1. The van der Waals surface area contributed by atoms with Crippen LogP contribution in [0.25, 0.3) is 11.4 Å². The monoisotopic (exact) mass is 570 g/mol. The molecular weight excluding hydrogens is 545 g/mol. The van der Waals surface area contributed by atoms with Gasteiger partial charge in [0.25, 0.3) is 0 Å². The Morgan fingerprint density at radius 2 is 1.69 bits per heavy atom. The number of ether oxygens (including phenoxy) is 2. The summed E-state index contributed by atoms with van der Waals surface area (Å²) in [4.78, 5) is 16.3. The van der Waals surface area contributed by atoms with Crippen LogP contribution in [0.15, 0.2) is 57.9 Å². The van der Waals surface area contributed by atoms with Crippen molar-refractivity contribution >= 4 is 15.7 Å². The largest absolute Gasteiger partial charge is 0.573 e. The molecule has 4 rings (SSSR count). The van der Waals surface area contributed by atoms with Crippen LogP contribution in [0.1, 0.15) is 25.2 Å². The number of alkyl halides is 3. The van der Waals surface area contributed by atoms with E-state index < -0.39 is 26.9 Å². The van der Waals surface area contributed by atoms with Gasteiger partial charge in [-0.3, -0.25) is 4.79 Å². The van der Waals surface area contributed by atoms with Crippen molar-refractivity contribution in [1.82, 2.24) is 15.2 Å². The van der Waals surface area contributed by atoms with E-state index in [-0.39, 0.29) is 49.0 Å². The van der Waals surface area contributed by atoms with E-state index in [4.69, 9.17) is 15.0 Å². The molecule has 0 bridgehead atoms. The van der Waals surface area contributed by atoms with E-state index >= 15 is 0 Å². The van der Waals surface area contributed by atoms with Crippen LogP contribution in [-0.2, 0) is 21.1 Å². The number of aryl methyl sites for hydroxylation is 1. The molecule has 1 aromatic heterocycles. The summed E-state index contributed by atoms with van der Waals surface area (Å²) in [5.41, 5.74) is 5.94. The number of hydrogen-bond donors (Lipinski definition) is 2. The average molecular weight is 571 g/mol. The van der Waals surface area contributed by atoms with Crippen molar-refractivity contribution in [2.45, 2.75) is 41.7 Å². The second-order valence-corrected chi connectivity index (χ2v) is 11.1. The Hall–Kier alpha value is -3.69. The molecule has 2 aromatic carbocycles. The first-order valence-corrected chi connectivity index (χ1v) is 13.3. The van der Waals surface area contributed by atoms with Crippen molar-refractivity contribution < 1.29 is 45.6 Å². The van der Waals surface area contributed by atoms with Gasteiger partial charge in [-0.2, -0.15) is 10.0 Å². The normalized spacial score (nSPS) is 16.1. The van der Waals surface area contributed by atoms with Crippen LogP contribution < -0.4 is 15.2 Å². The highest BCUT2D eigenvalue weighted by Gasteiger charge is 2.51. The number of hydroxylamine groups is 2. The molecule has 0 unspecified atom stereocenters. The van der Waals surface area contributed by atoms with E-state index in [0.29, 0.717) is 30.0 Å². The van der Waals surface area contributed by atoms with E-state index in [1.165, 1.54) is 36.4 Å². The summed E-state index contributed by atoms with van der Waals surface area (Å²) in [5, 5.41) is 14.4. The van der Waals surface area contributed by atoms with Crippen molar-refractivity contribution in [3.05, 3.63) is 54.4 Å².